The van der Waals surface area contributed by atoms with Crippen molar-refractivity contribution in [3.63, 3.8) is 0 Å². The van der Waals surface area contributed by atoms with Crippen LogP contribution < -0.4 is 5.32 Å². The minimum atomic E-state index is 0.822. The Hall–Kier alpha value is -0.120. The van der Waals surface area contributed by atoms with E-state index in [-0.39, 0.29) is 0 Å². The Kier molecular flexibility index (Phi) is 2.67. The van der Waals surface area contributed by atoms with Crippen LogP contribution in [0.5, 0.6) is 0 Å². The predicted octanol–water partition coefficient (Wildman–Crippen LogP) is 0.764. The largest absolute Gasteiger partial charge is 0.312 e. The predicted molar refractivity (Wildman–Crippen MR) is 69.0 cm³/mol. The Bertz CT molecular complexity index is 279. The highest BCUT2D eigenvalue weighted by atomic mass is 15.3. The maximum Gasteiger partial charge on any atom is 0.0235 e. The quantitative estimate of drug-likeness (QED) is 0.724. The first-order chi connectivity index (χ1) is 8.40. The van der Waals surface area contributed by atoms with Gasteiger partial charge in [-0.15, -0.1) is 0 Å². The first-order valence-corrected chi connectivity index (χ1v) is 7.60. The molecule has 2 bridgehead atoms. The molecule has 0 saturated carbocycles. The molecule has 4 rings (SSSR count). The van der Waals surface area contributed by atoms with Crippen molar-refractivity contribution in [3.8, 4) is 0 Å². The minimum absolute atomic E-state index is 0.822. The van der Waals surface area contributed by atoms with Crippen LogP contribution in [0.25, 0.3) is 0 Å². The summed E-state index contributed by atoms with van der Waals surface area (Å²) >= 11 is 0. The molecule has 4 aliphatic rings. The molecule has 0 radical (unpaired) electrons. The number of nitrogens with zero attached hydrogens (tertiary/aromatic N) is 2. The molecule has 96 valence electrons. The van der Waals surface area contributed by atoms with Gasteiger partial charge in [-0.25, -0.2) is 0 Å². The lowest BCUT2D eigenvalue weighted by Gasteiger charge is -2.37. The fourth-order valence-corrected chi connectivity index (χ4v) is 4.76. The Labute approximate surface area is 105 Å². The van der Waals surface area contributed by atoms with E-state index in [2.05, 4.69) is 15.1 Å². The first kappa shape index (κ1) is 10.8. The molecule has 1 N–H and O–H groups in total. The molecule has 17 heavy (non-hydrogen) atoms. The monoisotopic (exact) mass is 235 g/mol. The van der Waals surface area contributed by atoms with E-state index in [4.69, 9.17) is 0 Å². The van der Waals surface area contributed by atoms with Gasteiger partial charge in [-0.3, -0.25) is 4.90 Å². The summed E-state index contributed by atoms with van der Waals surface area (Å²) in [6.45, 7) is 8.12. The zero-order valence-corrected chi connectivity index (χ0v) is 10.8. The summed E-state index contributed by atoms with van der Waals surface area (Å²) in [5, 5.41) is 3.74. The third-order valence-corrected chi connectivity index (χ3v) is 5.69. The highest BCUT2D eigenvalue weighted by molar-refractivity contribution is 4.99. The molecule has 4 fully saturated rings. The number of hydrogen-bond donors (Lipinski definition) is 1. The number of likely N-dealkylation sites (tertiary alicyclic amines) is 1. The molecule has 0 aliphatic carbocycles. The second-order valence-electron chi connectivity index (χ2n) is 6.62. The van der Waals surface area contributed by atoms with Crippen molar-refractivity contribution in [2.75, 3.05) is 39.3 Å². The molecule has 3 heteroatoms. The van der Waals surface area contributed by atoms with Gasteiger partial charge in [0.15, 0.2) is 0 Å². The molecule has 0 aromatic heterocycles. The number of piperidine rings is 2. The van der Waals surface area contributed by atoms with Gasteiger partial charge in [-0.2, -0.15) is 0 Å². The van der Waals surface area contributed by atoms with Crippen LogP contribution in [-0.4, -0.2) is 61.2 Å². The third-order valence-electron chi connectivity index (χ3n) is 5.69. The molecule has 0 amide bonds. The van der Waals surface area contributed by atoms with Crippen molar-refractivity contribution in [2.24, 2.45) is 11.8 Å². The topological polar surface area (TPSA) is 18.5 Å². The van der Waals surface area contributed by atoms with Crippen LogP contribution in [0, 0.1) is 11.8 Å². The lowest BCUT2D eigenvalue weighted by Crippen LogP contribution is -2.46. The highest BCUT2D eigenvalue weighted by Crippen LogP contribution is 2.35. The molecule has 3 unspecified atom stereocenters. The van der Waals surface area contributed by atoms with Crippen molar-refractivity contribution >= 4 is 0 Å². The van der Waals surface area contributed by atoms with Crippen molar-refractivity contribution in [1.29, 1.82) is 0 Å². The minimum Gasteiger partial charge on any atom is -0.312 e. The van der Waals surface area contributed by atoms with E-state index in [9.17, 15) is 0 Å². The summed E-state index contributed by atoms with van der Waals surface area (Å²) in [6, 6.07) is 1.74. The molecule has 4 aliphatic heterocycles. The zero-order chi connectivity index (χ0) is 11.2. The van der Waals surface area contributed by atoms with Crippen molar-refractivity contribution in [2.45, 2.75) is 37.8 Å². The average molecular weight is 235 g/mol. The first-order valence-electron chi connectivity index (χ1n) is 7.60. The van der Waals surface area contributed by atoms with Gasteiger partial charge in [0.05, 0.1) is 0 Å². The molecule has 3 nitrogen and oxygen atoms in total. The Morgan fingerprint density at radius 1 is 0.882 bits per heavy atom. The van der Waals surface area contributed by atoms with E-state index in [1.807, 2.05) is 0 Å². The van der Waals surface area contributed by atoms with Gasteiger partial charge in [-0.1, -0.05) is 0 Å². The highest BCUT2D eigenvalue weighted by Gasteiger charge is 2.42. The number of rotatable bonds is 1. The van der Waals surface area contributed by atoms with Gasteiger partial charge in [0, 0.05) is 31.7 Å². The second-order valence-corrected chi connectivity index (χ2v) is 6.62. The van der Waals surface area contributed by atoms with Crippen LogP contribution in [0.2, 0.25) is 0 Å². The summed E-state index contributed by atoms with van der Waals surface area (Å²) in [5.74, 6) is 1.95. The van der Waals surface area contributed by atoms with Crippen LogP contribution in [0.4, 0.5) is 0 Å². The van der Waals surface area contributed by atoms with Crippen LogP contribution in [0.3, 0.4) is 0 Å². The zero-order valence-electron chi connectivity index (χ0n) is 10.8. The van der Waals surface area contributed by atoms with Crippen LogP contribution in [-0.2, 0) is 0 Å². The maximum atomic E-state index is 3.74. The fourth-order valence-electron chi connectivity index (χ4n) is 4.76. The molecule has 0 aromatic rings. The van der Waals surface area contributed by atoms with E-state index < -0.39 is 0 Å². The van der Waals surface area contributed by atoms with Gasteiger partial charge < -0.3 is 10.2 Å². The lowest BCUT2D eigenvalue weighted by atomic mass is 9.92. The van der Waals surface area contributed by atoms with E-state index in [1.165, 1.54) is 65.0 Å². The summed E-state index contributed by atoms with van der Waals surface area (Å²) in [6.07, 6.45) is 5.77. The number of hydrogen-bond acceptors (Lipinski definition) is 3. The lowest BCUT2D eigenvalue weighted by molar-refractivity contribution is 0.117. The number of nitrogens with one attached hydrogen (secondary N) is 1. The van der Waals surface area contributed by atoms with Crippen molar-refractivity contribution in [1.82, 2.24) is 15.1 Å². The normalized spacial score (nSPS) is 50.5. The van der Waals surface area contributed by atoms with E-state index >= 15 is 0 Å². The van der Waals surface area contributed by atoms with Gasteiger partial charge >= 0.3 is 0 Å². The number of fused-ring (bicyclic) bond motifs is 3. The van der Waals surface area contributed by atoms with Gasteiger partial charge in [0.25, 0.3) is 0 Å². The molecule has 0 spiro atoms. The molecule has 4 saturated heterocycles. The molecule has 4 heterocycles. The molecule has 0 aromatic carbocycles. The standard InChI is InChI=1S/C14H25N3/c1-2-11-9-17(10-13(11)15-5-1)14-4-7-16-6-3-12(14)8-16/h11-15H,1-10H2/t11-,12?,13+,14?/m0/s1. The Balaban J connectivity index is 1.45. The second kappa shape index (κ2) is 4.22. The van der Waals surface area contributed by atoms with Crippen LogP contribution in [0.15, 0.2) is 0 Å². The molecule has 5 atom stereocenters. The maximum absolute atomic E-state index is 3.74. The Morgan fingerprint density at radius 3 is 2.76 bits per heavy atom. The summed E-state index contributed by atoms with van der Waals surface area (Å²) in [7, 11) is 0. The van der Waals surface area contributed by atoms with Crippen LogP contribution in [0.1, 0.15) is 25.7 Å². The summed E-state index contributed by atoms with van der Waals surface area (Å²) in [4.78, 5) is 5.52. The van der Waals surface area contributed by atoms with E-state index in [1.54, 1.807) is 0 Å². The fraction of sp³-hybridized carbons (Fsp3) is 1.00. The molecular formula is C14H25N3. The smallest absolute Gasteiger partial charge is 0.0235 e. The third kappa shape index (κ3) is 1.83. The van der Waals surface area contributed by atoms with Crippen molar-refractivity contribution in [3.05, 3.63) is 0 Å². The van der Waals surface area contributed by atoms with Gasteiger partial charge in [0.1, 0.15) is 0 Å². The molecular weight excluding hydrogens is 210 g/mol. The SMILES string of the molecule is C1CN[C@@H]2CN(C3CCN4CCC3C4)C[C@@H]2C1. The van der Waals surface area contributed by atoms with E-state index in [0.29, 0.717) is 0 Å². The Morgan fingerprint density at radius 2 is 1.82 bits per heavy atom. The average Bonchev–Trinajstić information content (AvgIpc) is 2.94. The van der Waals surface area contributed by atoms with Crippen molar-refractivity contribution < 1.29 is 0 Å². The van der Waals surface area contributed by atoms with Crippen LogP contribution >= 0.6 is 0 Å². The summed E-state index contributed by atoms with van der Waals surface area (Å²) in [5.41, 5.74) is 0. The van der Waals surface area contributed by atoms with Gasteiger partial charge in [0.2, 0.25) is 0 Å². The van der Waals surface area contributed by atoms with Gasteiger partial charge in [-0.05, 0) is 57.2 Å². The van der Waals surface area contributed by atoms with E-state index in [0.717, 1.165) is 23.9 Å². The summed E-state index contributed by atoms with van der Waals surface area (Å²) < 4.78 is 0.